The van der Waals surface area contributed by atoms with Crippen molar-refractivity contribution in [3.05, 3.63) is 57.3 Å². The fourth-order valence-electron chi connectivity index (χ4n) is 2.81. The Morgan fingerprint density at radius 2 is 1.90 bits per heavy atom. The van der Waals surface area contributed by atoms with Gasteiger partial charge < -0.3 is 4.74 Å². The summed E-state index contributed by atoms with van der Waals surface area (Å²) >= 11 is 0. The van der Waals surface area contributed by atoms with Gasteiger partial charge in [0.15, 0.2) is 0 Å². The highest BCUT2D eigenvalue weighted by Gasteiger charge is 2.14. The molecule has 30 heavy (non-hydrogen) atoms. The van der Waals surface area contributed by atoms with Gasteiger partial charge in [-0.25, -0.2) is 4.79 Å². The molecule has 0 aliphatic rings. The van der Waals surface area contributed by atoms with E-state index in [1.165, 1.54) is 9.36 Å². The normalized spacial score (nSPS) is 12.5. The average Bonchev–Trinajstić information content (AvgIpc) is 3.24. The van der Waals surface area contributed by atoms with Gasteiger partial charge in [-0.2, -0.15) is 19.6 Å². The molecule has 0 N–H and O–H groups in total. The van der Waals surface area contributed by atoms with Crippen LogP contribution in [0.15, 0.2) is 39.3 Å². The predicted molar refractivity (Wildman–Crippen MR) is 114 cm³/mol. The van der Waals surface area contributed by atoms with Crippen LogP contribution in [0.2, 0.25) is 0 Å². The standard InChI is InChI=1S/C20H26N8O2/c1-7-19(22-21-15(4)17-11-14(3)26(5)23-17)30-12-16-13(2)9-8-10-18(16)28-20(29)27(6)24-25-28/h8-11H,7,12H2,1-6H3/b21-15?,22-19-. The largest absolute Gasteiger partial charge is 0.475 e. The number of rotatable bonds is 6. The highest BCUT2D eigenvalue weighted by Crippen LogP contribution is 2.18. The van der Waals surface area contributed by atoms with Crippen molar-refractivity contribution in [2.24, 2.45) is 24.3 Å². The SMILES string of the molecule is CC/C(=N/N=C(C)c1cc(C)n(C)n1)OCc1c(C)cccc1-n1nnn(C)c1=O. The van der Waals surface area contributed by atoms with Crippen molar-refractivity contribution in [1.82, 2.24) is 29.6 Å². The molecule has 2 aromatic heterocycles. The lowest BCUT2D eigenvalue weighted by Crippen LogP contribution is -2.23. The molecule has 0 fully saturated rings. The lowest BCUT2D eigenvalue weighted by atomic mass is 10.1. The van der Waals surface area contributed by atoms with E-state index < -0.39 is 0 Å². The third-order valence-corrected chi connectivity index (χ3v) is 4.82. The topological polar surface area (TPSA) is 104 Å². The molecule has 10 heteroatoms. The molecular formula is C20H26N8O2. The Balaban J connectivity index is 1.83. The van der Waals surface area contributed by atoms with Gasteiger partial charge in [-0.1, -0.05) is 19.1 Å². The number of aryl methyl sites for hydroxylation is 4. The van der Waals surface area contributed by atoms with E-state index in [0.717, 1.165) is 22.5 Å². The van der Waals surface area contributed by atoms with Gasteiger partial charge in [-0.05, 0) is 48.9 Å². The summed E-state index contributed by atoms with van der Waals surface area (Å²) in [6, 6.07) is 7.60. The quantitative estimate of drug-likeness (QED) is 0.351. The van der Waals surface area contributed by atoms with Gasteiger partial charge in [0.1, 0.15) is 12.3 Å². The molecule has 158 valence electrons. The maximum absolute atomic E-state index is 12.3. The smallest absolute Gasteiger partial charge is 0.368 e. The van der Waals surface area contributed by atoms with Gasteiger partial charge in [0.25, 0.3) is 0 Å². The Labute approximate surface area is 174 Å². The molecule has 0 radical (unpaired) electrons. The summed E-state index contributed by atoms with van der Waals surface area (Å²) in [5.74, 6) is 0.489. The lowest BCUT2D eigenvalue weighted by molar-refractivity contribution is 0.282. The first-order valence-corrected chi connectivity index (χ1v) is 9.64. The van der Waals surface area contributed by atoms with Crippen LogP contribution in [0.4, 0.5) is 0 Å². The summed E-state index contributed by atoms with van der Waals surface area (Å²) in [5, 5.41) is 20.7. The van der Waals surface area contributed by atoms with Crippen molar-refractivity contribution in [3.63, 3.8) is 0 Å². The van der Waals surface area contributed by atoms with E-state index in [9.17, 15) is 4.79 Å². The van der Waals surface area contributed by atoms with Crippen molar-refractivity contribution in [2.75, 3.05) is 0 Å². The van der Waals surface area contributed by atoms with Crippen LogP contribution in [-0.4, -0.2) is 41.2 Å². The van der Waals surface area contributed by atoms with E-state index in [2.05, 4.69) is 25.7 Å². The number of benzene rings is 1. The van der Waals surface area contributed by atoms with Crippen molar-refractivity contribution in [2.45, 2.75) is 40.7 Å². The predicted octanol–water partition coefficient (Wildman–Crippen LogP) is 2.07. The molecule has 0 aliphatic carbocycles. The van der Waals surface area contributed by atoms with Crippen LogP contribution in [-0.2, 0) is 25.4 Å². The maximum atomic E-state index is 12.3. The summed E-state index contributed by atoms with van der Waals surface area (Å²) in [4.78, 5) is 12.3. The molecule has 0 unspecified atom stereocenters. The summed E-state index contributed by atoms with van der Waals surface area (Å²) in [6.07, 6.45) is 0.574. The van der Waals surface area contributed by atoms with E-state index in [0.29, 0.717) is 23.7 Å². The minimum Gasteiger partial charge on any atom is -0.475 e. The Bertz CT molecular complexity index is 1150. The van der Waals surface area contributed by atoms with Crippen LogP contribution >= 0.6 is 0 Å². The molecular weight excluding hydrogens is 384 g/mol. The molecule has 3 rings (SSSR count). The van der Waals surface area contributed by atoms with Gasteiger partial charge in [0.05, 0.1) is 11.4 Å². The zero-order valence-electron chi connectivity index (χ0n) is 18.1. The zero-order valence-corrected chi connectivity index (χ0v) is 18.1. The third kappa shape index (κ3) is 4.37. The Morgan fingerprint density at radius 1 is 1.13 bits per heavy atom. The van der Waals surface area contributed by atoms with Crippen LogP contribution in [0.1, 0.15) is 42.8 Å². The van der Waals surface area contributed by atoms with Crippen LogP contribution in [0, 0.1) is 13.8 Å². The molecule has 2 heterocycles. The lowest BCUT2D eigenvalue weighted by Gasteiger charge is -2.13. The molecule has 0 saturated heterocycles. The van der Waals surface area contributed by atoms with E-state index in [1.807, 2.05) is 59.0 Å². The van der Waals surface area contributed by atoms with Crippen LogP contribution in [0.3, 0.4) is 0 Å². The molecule has 0 spiro atoms. The number of hydrogen-bond acceptors (Lipinski definition) is 7. The average molecular weight is 410 g/mol. The minimum absolute atomic E-state index is 0.231. The van der Waals surface area contributed by atoms with E-state index in [1.54, 1.807) is 11.7 Å². The molecule has 0 amide bonds. The molecule has 3 aromatic rings. The monoisotopic (exact) mass is 410 g/mol. The van der Waals surface area contributed by atoms with Gasteiger partial charge in [-0.15, -0.1) is 5.10 Å². The molecule has 0 bridgehead atoms. The van der Waals surface area contributed by atoms with Crippen LogP contribution in [0.25, 0.3) is 5.69 Å². The fourth-order valence-corrected chi connectivity index (χ4v) is 2.81. The first kappa shape index (κ1) is 21.2. The third-order valence-electron chi connectivity index (χ3n) is 4.82. The number of tetrazole rings is 1. The minimum atomic E-state index is -0.322. The van der Waals surface area contributed by atoms with E-state index in [-0.39, 0.29) is 12.3 Å². The summed E-state index contributed by atoms with van der Waals surface area (Å²) in [7, 11) is 3.45. The van der Waals surface area contributed by atoms with Gasteiger partial charge >= 0.3 is 5.69 Å². The Hall–Kier alpha value is -3.56. The second-order valence-corrected chi connectivity index (χ2v) is 6.99. The first-order valence-electron chi connectivity index (χ1n) is 9.64. The number of ether oxygens (including phenoxy) is 1. The van der Waals surface area contributed by atoms with E-state index >= 15 is 0 Å². The van der Waals surface area contributed by atoms with Crippen LogP contribution in [0.5, 0.6) is 0 Å². The van der Waals surface area contributed by atoms with E-state index in [4.69, 9.17) is 4.74 Å². The number of hydrogen-bond donors (Lipinski definition) is 0. The second-order valence-electron chi connectivity index (χ2n) is 6.99. The Kier molecular flexibility index (Phi) is 6.24. The van der Waals surface area contributed by atoms with Gasteiger partial charge in [-0.3, -0.25) is 4.68 Å². The maximum Gasteiger partial charge on any atom is 0.368 e. The molecule has 10 nitrogen and oxygen atoms in total. The van der Waals surface area contributed by atoms with Crippen LogP contribution < -0.4 is 5.69 Å². The fraction of sp³-hybridized carbons (Fsp3) is 0.400. The molecule has 0 aliphatic heterocycles. The van der Waals surface area contributed by atoms with Crippen molar-refractivity contribution in [1.29, 1.82) is 0 Å². The van der Waals surface area contributed by atoms with Crippen molar-refractivity contribution < 1.29 is 4.74 Å². The van der Waals surface area contributed by atoms with Crippen molar-refractivity contribution in [3.8, 4) is 5.69 Å². The Morgan fingerprint density at radius 3 is 2.50 bits per heavy atom. The highest BCUT2D eigenvalue weighted by molar-refractivity contribution is 5.97. The molecule has 0 atom stereocenters. The van der Waals surface area contributed by atoms with Gasteiger partial charge in [0, 0.05) is 31.8 Å². The summed E-state index contributed by atoms with van der Waals surface area (Å²) < 4.78 is 10.2. The zero-order chi connectivity index (χ0) is 21.8. The van der Waals surface area contributed by atoms with Gasteiger partial charge in [0.2, 0.25) is 5.90 Å². The summed E-state index contributed by atoms with van der Waals surface area (Å²) in [5.41, 5.74) is 4.64. The summed E-state index contributed by atoms with van der Waals surface area (Å²) in [6.45, 7) is 7.97. The highest BCUT2D eigenvalue weighted by atomic mass is 16.5. The first-order chi connectivity index (χ1) is 14.3. The van der Waals surface area contributed by atoms with Crippen molar-refractivity contribution >= 4 is 11.6 Å². The molecule has 0 saturated carbocycles. The number of aromatic nitrogens is 6. The number of nitrogens with zero attached hydrogens (tertiary/aromatic N) is 8. The molecule has 1 aromatic carbocycles. The second kappa shape index (κ2) is 8.85.